The second-order valence-electron chi connectivity index (χ2n) is 4.85. The van der Waals surface area contributed by atoms with Crippen LogP contribution in [0, 0.1) is 0 Å². The van der Waals surface area contributed by atoms with Crippen LogP contribution < -0.4 is 16.6 Å². The number of amides is 2. The third-order valence-electron chi connectivity index (χ3n) is 3.25. The predicted octanol–water partition coefficient (Wildman–Crippen LogP) is -0.282. The lowest BCUT2D eigenvalue weighted by atomic mass is 9.98. The van der Waals surface area contributed by atoms with Crippen LogP contribution in [0.4, 0.5) is 5.82 Å². The van der Waals surface area contributed by atoms with Crippen molar-refractivity contribution in [1.82, 2.24) is 15.2 Å². The molecule has 1 aliphatic rings. The molecule has 1 aromatic heterocycles. The highest BCUT2D eigenvalue weighted by atomic mass is 16.2. The van der Waals surface area contributed by atoms with Crippen molar-refractivity contribution in [1.29, 1.82) is 0 Å². The SMILES string of the molecule is CC1(C)C(=O)NCCN1C(=O)c1ccnc(NN)c1. The van der Waals surface area contributed by atoms with Gasteiger partial charge in [0.2, 0.25) is 5.91 Å². The number of pyridine rings is 1. The van der Waals surface area contributed by atoms with Gasteiger partial charge in [-0.3, -0.25) is 9.59 Å². The number of rotatable bonds is 2. The summed E-state index contributed by atoms with van der Waals surface area (Å²) in [5.74, 6) is 5.31. The van der Waals surface area contributed by atoms with Crippen molar-refractivity contribution in [3.8, 4) is 0 Å². The number of nitrogens with two attached hydrogens (primary N) is 1. The van der Waals surface area contributed by atoms with Gasteiger partial charge in [0.25, 0.3) is 5.91 Å². The molecule has 7 heteroatoms. The molecule has 2 rings (SSSR count). The van der Waals surface area contributed by atoms with Crippen LogP contribution in [0.3, 0.4) is 0 Å². The van der Waals surface area contributed by atoms with Crippen molar-refractivity contribution in [2.45, 2.75) is 19.4 Å². The first-order chi connectivity index (χ1) is 8.96. The van der Waals surface area contributed by atoms with Crippen molar-refractivity contribution in [3.63, 3.8) is 0 Å². The molecule has 102 valence electrons. The minimum Gasteiger partial charge on any atom is -0.352 e. The van der Waals surface area contributed by atoms with Gasteiger partial charge in [-0.15, -0.1) is 0 Å². The largest absolute Gasteiger partial charge is 0.352 e. The van der Waals surface area contributed by atoms with Crippen LogP contribution >= 0.6 is 0 Å². The normalized spacial score (nSPS) is 17.8. The molecule has 0 aliphatic carbocycles. The highest BCUT2D eigenvalue weighted by Gasteiger charge is 2.40. The highest BCUT2D eigenvalue weighted by Crippen LogP contribution is 2.21. The zero-order valence-electron chi connectivity index (χ0n) is 10.9. The van der Waals surface area contributed by atoms with E-state index in [2.05, 4.69) is 15.7 Å². The fourth-order valence-electron chi connectivity index (χ4n) is 2.05. The quantitative estimate of drug-likeness (QED) is 0.503. The van der Waals surface area contributed by atoms with Crippen molar-refractivity contribution >= 4 is 17.6 Å². The molecule has 19 heavy (non-hydrogen) atoms. The Morgan fingerprint density at radius 2 is 2.32 bits per heavy atom. The van der Waals surface area contributed by atoms with E-state index in [-0.39, 0.29) is 11.8 Å². The van der Waals surface area contributed by atoms with Crippen LogP contribution in [0.2, 0.25) is 0 Å². The van der Waals surface area contributed by atoms with Crippen LogP contribution in [0.5, 0.6) is 0 Å². The van der Waals surface area contributed by atoms with E-state index < -0.39 is 5.54 Å². The number of nitrogens with zero attached hydrogens (tertiary/aromatic N) is 2. The van der Waals surface area contributed by atoms with Gasteiger partial charge in [-0.05, 0) is 26.0 Å². The standard InChI is InChI=1S/C12H17N5O2/c1-12(2)11(19)15-5-6-17(12)10(18)8-3-4-14-9(7-8)16-13/h3-4,7H,5-6,13H2,1-2H3,(H,14,16)(H,15,19). The van der Waals surface area contributed by atoms with Crippen molar-refractivity contribution in [2.75, 3.05) is 18.5 Å². The van der Waals surface area contributed by atoms with Gasteiger partial charge >= 0.3 is 0 Å². The molecule has 0 aromatic carbocycles. The number of hydrogen-bond acceptors (Lipinski definition) is 5. The number of hydrazine groups is 1. The van der Waals surface area contributed by atoms with Crippen molar-refractivity contribution < 1.29 is 9.59 Å². The van der Waals surface area contributed by atoms with Crippen molar-refractivity contribution in [3.05, 3.63) is 23.9 Å². The minimum atomic E-state index is -0.866. The molecule has 2 heterocycles. The maximum absolute atomic E-state index is 12.5. The maximum atomic E-state index is 12.5. The van der Waals surface area contributed by atoms with Crippen molar-refractivity contribution in [2.24, 2.45) is 5.84 Å². The van der Waals surface area contributed by atoms with Gasteiger partial charge < -0.3 is 15.6 Å². The second kappa shape index (κ2) is 4.85. The molecule has 1 aliphatic heterocycles. The molecule has 0 radical (unpaired) electrons. The highest BCUT2D eigenvalue weighted by molar-refractivity contribution is 6.00. The predicted molar refractivity (Wildman–Crippen MR) is 70.2 cm³/mol. The summed E-state index contributed by atoms with van der Waals surface area (Å²) in [6.07, 6.45) is 1.50. The summed E-state index contributed by atoms with van der Waals surface area (Å²) in [6.45, 7) is 4.39. The Labute approximate surface area is 111 Å². The smallest absolute Gasteiger partial charge is 0.254 e. The molecule has 0 bridgehead atoms. The molecule has 0 spiro atoms. The fraction of sp³-hybridized carbons (Fsp3) is 0.417. The number of carbonyl (C=O) groups excluding carboxylic acids is 2. The zero-order chi connectivity index (χ0) is 14.0. The summed E-state index contributed by atoms with van der Waals surface area (Å²) < 4.78 is 0. The molecular formula is C12H17N5O2. The fourth-order valence-corrected chi connectivity index (χ4v) is 2.05. The van der Waals surface area contributed by atoms with Gasteiger partial charge in [-0.1, -0.05) is 0 Å². The number of hydrogen-bond donors (Lipinski definition) is 3. The van der Waals surface area contributed by atoms with E-state index >= 15 is 0 Å². The van der Waals surface area contributed by atoms with Gasteiger partial charge in [0.15, 0.2) is 0 Å². The van der Waals surface area contributed by atoms with Gasteiger partial charge in [-0.2, -0.15) is 0 Å². The summed E-state index contributed by atoms with van der Waals surface area (Å²) in [5.41, 5.74) is 1.98. The van der Waals surface area contributed by atoms with E-state index in [0.717, 1.165) is 0 Å². The number of nitrogens with one attached hydrogen (secondary N) is 2. The molecular weight excluding hydrogens is 246 g/mol. The zero-order valence-corrected chi connectivity index (χ0v) is 10.9. The molecule has 7 nitrogen and oxygen atoms in total. The monoisotopic (exact) mass is 263 g/mol. The first-order valence-corrected chi connectivity index (χ1v) is 6.00. The molecule has 0 unspecified atom stereocenters. The molecule has 4 N–H and O–H groups in total. The molecule has 2 amide bonds. The average molecular weight is 263 g/mol. The van der Waals surface area contributed by atoms with Gasteiger partial charge in [0.05, 0.1) is 0 Å². The van der Waals surface area contributed by atoms with E-state index in [9.17, 15) is 9.59 Å². The Kier molecular flexibility index (Phi) is 3.39. The van der Waals surface area contributed by atoms with Crippen LogP contribution in [0.1, 0.15) is 24.2 Å². The van der Waals surface area contributed by atoms with E-state index in [1.807, 2.05) is 0 Å². The van der Waals surface area contributed by atoms with Crippen LogP contribution in [-0.4, -0.2) is 40.3 Å². The Balaban J connectivity index is 2.30. The Morgan fingerprint density at radius 1 is 1.58 bits per heavy atom. The molecule has 0 atom stereocenters. The summed E-state index contributed by atoms with van der Waals surface area (Å²) in [7, 11) is 0. The second-order valence-corrected chi connectivity index (χ2v) is 4.85. The minimum absolute atomic E-state index is 0.154. The van der Waals surface area contributed by atoms with E-state index in [4.69, 9.17) is 5.84 Å². The maximum Gasteiger partial charge on any atom is 0.254 e. The molecule has 1 aromatic rings. The molecule has 1 fully saturated rings. The Morgan fingerprint density at radius 3 is 3.00 bits per heavy atom. The van der Waals surface area contributed by atoms with Crippen LogP contribution in [0.25, 0.3) is 0 Å². The first-order valence-electron chi connectivity index (χ1n) is 6.00. The summed E-state index contributed by atoms with van der Waals surface area (Å²) in [5, 5.41) is 2.75. The van der Waals surface area contributed by atoms with E-state index in [0.29, 0.717) is 24.5 Å². The number of carbonyl (C=O) groups is 2. The lowest BCUT2D eigenvalue weighted by Gasteiger charge is -2.41. The summed E-state index contributed by atoms with van der Waals surface area (Å²) >= 11 is 0. The Hall–Kier alpha value is -2.15. The lowest BCUT2D eigenvalue weighted by molar-refractivity contribution is -0.133. The van der Waals surface area contributed by atoms with E-state index in [1.165, 1.54) is 6.20 Å². The number of aromatic nitrogens is 1. The first kappa shape index (κ1) is 13.3. The van der Waals surface area contributed by atoms with E-state index in [1.54, 1.807) is 30.9 Å². The summed E-state index contributed by atoms with van der Waals surface area (Å²) in [6, 6.07) is 3.16. The number of nitrogen functional groups attached to an aromatic ring is 1. The third kappa shape index (κ3) is 2.37. The topological polar surface area (TPSA) is 100 Å². The number of piperazine rings is 1. The molecule has 0 saturated carbocycles. The van der Waals surface area contributed by atoms with Gasteiger partial charge in [0, 0.05) is 24.8 Å². The third-order valence-corrected chi connectivity index (χ3v) is 3.25. The lowest BCUT2D eigenvalue weighted by Crippen LogP contribution is -2.63. The van der Waals surface area contributed by atoms with Crippen LogP contribution in [0.15, 0.2) is 18.3 Å². The van der Waals surface area contributed by atoms with Crippen LogP contribution in [-0.2, 0) is 4.79 Å². The Bertz CT molecular complexity index is 515. The van der Waals surface area contributed by atoms with Gasteiger partial charge in [0.1, 0.15) is 11.4 Å². The summed E-state index contributed by atoms with van der Waals surface area (Å²) in [4.78, 5) is 29.8. The number of anilines is 1. The van der Waals surface area contributed by atoms with Gasteiger partial charge in [-0.25, -0.2) is 10.8 Å². The average Bonchev–Trinajstić information content (AvgIpc) is 2.41. The molecule has 1 saturated heterocycles.